The van der Waals surface area contributed by atoms with Crippen molar-refractivity contribution in [2.24, 2.45) is 5.92 Å². The summed E-state index contributed by atoms with van der Waals surface area (Å²) in [6.45, 7) is 0. The first-order valence-corrected chi connectivity index (χ1v) is 8.59. The van der Waals surface area contributed by atoms with Crippen molar-refractivity contribution in [3.8, 4) is 11.5 Å². The average Bonchev–Trinajstić information content (AvgIpc) is 2.63. The number of Topliss-reactive ketones (excluding diaryl/α,β-unsaturated/α-hetero) is 3. The summed E-state index contributed by atoms with van der Waals surface area (Å²) in [7, 11) is 0. The van der Waals surface area contributed by atoms with E-state index in [1.807, 2.05) is 30.3 Å². The van der Waals surface area contributed by atoms with Gasteiger partial charge in [0.25, 0.3) is 0 Å². The van der Waals surface area contributed by atoms with Crippen molar-refractivity contribution < 1.29 is 24.6 Å². The van der Waals surface area contributed by atoms with E-state index in [0.29, 0.717) is 12.0 Å². The number of phenolic OH excluding ortho intramolecular Hbond substituents is 2. The molecule has 0 saturated heterocycles. The lowest BCUT2D eigenvalue weighted by Crippen LogP contribution is -2.38. The number of rotatable bonds is 5. The Morgan fingerprint density at radius 1 is 0.923 bits per heavy atom. The van der Waals surface area contributed by atoms with E-state index in [1.54, 1.807) is 6.07 Å². The number of aromatic hydroxyl groups is 2. The molecule has 1 fully saturated rings. The fourth-order valence-corrected chi connectivity index (χ4v) is 3.43. The molecule has 26 heavy (non-hydrogen) atoms. The Morgan fingerprint density at radius 3 is 2.19 bits per heavy atom. The van der Waals surface area contributed by atoms with E-state index in [0.717, 1.165) is 5.56 Å². The van der Waals surface area contributed by atoms with Crippen molar-refractivity contribution in [1.82, 2.24) is 0 Å². The van der Waals surface area contributed by atoms with E-state index in [1.165, 1.54) is 12.1 Å². The van der Waals surface area contributed by atoms with Crippen LogP contribution in [0.2, 0.25) is 0 Å². The quantitative estimate of drug-likeness (QED) is 0.638. The fraction of sp³-hybridized carbons (Fsp3) is 0.286. The number of aryl methyl sites for hydroxylation is 1. The third-order valence-corrected chi connectivity index (χ3v) is 4.83. The number of carbonyl (C=O) groups is 3. The Labute approximate surface area is 151 Å². The number of ketones is 3. The van der Waals surface area contributed by atoms with E-state index < -0.39 is 5.92 Å². The van der Waals surface area contributed by atoms with Crippen LogP contribution in [-0.4, -0.2) is 27.6 Å². The maximum atomic E-state index is 12.4. The molecular weight excluding hydrogens is 332 g/mol. The minimum atomic E-state index is -1.17. The Hall–Kier alpha value is -2.95. The van der Waals surface area contributed by atoms with Gasteiger partial charge in [-0.15, -0.1) is 0 Å². The van der Waals surface area contributed by atoms with Gasteiger partial charge in [0.2, 0.25) is 0 Å². The summed E-state index contributed by atoms with van der Waals surface area (Å²) in [5.74, 6) is -2.81. The van der Waals surface area contributed by atoms with Crippen LogP contribution in [0.5, 0.6) is 11.5 Å². The van der Waals surface area contributed by atoms with Crippen LogP contribution in [-0.2, 0) is 20.8 Å². The van der Waals surface area contributed by atoms with Crippen molar-refractivity contribution in [1.29, 1.82) is 0 Å². The summed E-state index contributed by atoms with van der Waals surface area (Å²) in [6, 6.07) is 13.7. The molecule has 2 aromatic rings. The molecule has 134 valence electrons. The second-order valence-corrected chi connectivity index (χ2v) is 6.67. The maximum Gasteiger partial charge on any atom is 0.157 e. The smallest absolute Gasteiger partial charge is 0.157 e. The molecule has 0 heterocycles. The molecule has 1 saturated carbocycles. The van der Waals surface area contributed by atoms with Gasteiger partial charge >= 0.3 is 0 Å². The predicted octanol–water partition coefficient (Wildman–Crippen LogP) is 2.93. The van der Waals surface area contributed by atoms with E-state index in [4.69, 9.17) is 0 Å². The number of phenols is 2. The van der Waals surface area contributed by atoms with Crippen LogP contribution in [0.4, 0.5) is 0 Å². The molecule has 0 radical (unpaired) electrons. The summed E-state index contributed by atoms with van der Waals surface area (Å²) in [4.78, 5) is 37.3. The first-order chi connectivity index (χ1) is 12.5. The molecule has 5 heteroatoms. The third-order valence-electron chi connectivity index (χ3n) is 4.83. The molecule has 3 rings (SSSR count). The van der Waals surface area contributed by atoms with Crippen LogP contribution in [0.25, 0.3) is 0 Å². The van der Waals surface area contributed by atoms with Gasteiger partial charge in [-0.05, 0) is 35.6 Å². The minimum Gasteiger partial charge on any atom is -0.504 e. The molecule has 5 nitrogen and oxygen atoms in total. The second-order valence-electron chi connectivity index (χ2n) is 6.67. The number of carbonyl (C=O) groups excluding carboxylic acids is 3. The van der Waals surface area contributed by atoms with Gasteiger partial charge in [0, 0.05) is 19.3 Å². The first kappa shape index (κ1) is 17.9. The Morgan fingerprint density at radius 2 is 1.58 bits per heavy atom. The highest BCUT2D eigenvalue weighted by Gasteiger charge is 2.39. The molecule has 0 aromatic heterocycles. The molecule has 0 spiro atoms. The third kappa shape index (κ3) is 3.82. The second kappa shape index (κ2) is 7.52. The zero-order valence-corrected chi connectivity index (χ0v) is 14.2. The summed E-state index contributed by atoms with van der Waals surface area (Å²) < 4.78 is 0. The van der Waals surface area contributed by atoms with Gasteiger partial charge in [-0.2, -0.15) is 0 Å². The fourth-order valence-electron chi connectivity index (χ4n) is 3.43. The molecule has 0 unspecified atom stereocenters. The highest BCUT2D eigenvalue weighted by atomic mass is 16.3. The van der Waals surface area contributed by atoms with Crippen LogP contribution < -0.4 is 0 Å². The van der Waals surface area contributed by atoms with Crippen molar-refractivity contribution in [2.75, 3.05) is 0 Å². The van der Waals surface area contributed by atoms with Gasteiger partial charge < -0.3 is 10.2 Å². The lowest BCUT2D eigenvalue weighted by atomic mass is 9.74. The van der Waals surface area contributed by atoms with Crippen LogP contribution in [0.1, 0.15) is 36.3 Å². The molecule has 0 bridgehead atoms. The van der Waals surface area contributed by atoms with Crippen molar-refractivity contribution >= 4 is 17.3 Å². The van der Waals surface area contributed by atoms with Gasteiger partial charge in [0.15, 0.2) is 28.8 Å². The lowest BCUT2D eigenvalue weighted by Gasteiger charge is -2.26. The van der Waals surface area contributed by atoms with Gasteiger partial charge in [0.1, 0.15) is 5.92 Å². The van der Waals surface area contributed by atoms with Crippen molar-refractivity contribution in [2.45, 2.75) is 31.6 Å². The standard InChI is InChI=1S/C21H20O5/c22-16-8-6-13(10-18(16)24)7-9-17(23)21-19(25)11-15(12-20(21)26)14-4-2-1-3-5-14/h1-6,8,10,15,21-22,24H,7,9,11-12H2. The van der Waals surface area contributed by atoms with Crippen LogP contribution in [0.3, 0.4) is 0 Å². The molecule has 1 aliphatic carbocycles. The summed E-state index contributed by atoms with van der Waals surface area (Å²) in [5, 5.41) is 18.8. The Balaban J connectivity index is 1.63. The van der Waals surface area contributed by atoms with Crippen molar-refractivity contribution in [3.63, 3.8) is 0 Å². The zero-order valence-electron chi connectivity index (χ0n) is 14.2. The largest absolute Gasteiger partial charge is 0.504 e. The molecular formula is C21H20O5. The molecule has 0 aliphatic heterocycles. The summed E-state index contributed by atoms with van der Waals surface area (Å²) >= 11 is 0. The molecule has 0 amide bonds. The predicted molar refractivity (Wildman–Crippen MR) is 95.0 cm³/mol. The summed E-state index contributed by atoms with van der Waals surface area (Å²) in [6.07, 6.45) is 0.743. The van der Waals surface area contributed by atoms with Crippen LogP contribution in [0, 0.1) is 5.92 Å². The van der Waals surface area contributed by atoms with Crippen LogP contribution in [0.15, 0.2) is 48.5 Å². The molecule has 1 aliphatic rings. The number of hydrogen-bond donors (Lipinski definition) is 2. The summed E-state index contributed by atoms with van der Waals surface area (Å²) in [5.41, 5.74) is 1.60. The molecule has 2 N–H and O–H groups in total. The zero-order chi connectivity index (χ0) is 18.7. The van der Waals surface area contributed by atoms with Gasteiger partial charge in [-0.1, -0.05) is 36.4 Å². The van der Waals surface area contributed by atoms with Gasteiger partial charge in [-0.25, -0.2) is 0 Å². The van der Waals surface area contributed by atoms with Crippen LogP contribution >= 0.6 is 0 Å². The topological polar surface area (TPSA) is 91.7 Å². The Kier molecular flexibility index (Phi) is 5.16. The monoisotopic (exact) mass is 352 g/mol. The van der Waals surface area contributed by atoms with E-state index >= 15 is 0 Å². The van der Waals surface area contributed by atoms with E-state index in [2.05, 4.69) is 0 Å². The van der Waals surface area contributed by atoms with E-state index in [9.17, 15) is 24.6 Å². The van der Waals surface area contributed by atoms with E-state index in [-0.39, 0.29) is 54.0 Å². The average molecular weight is 352 g/mol. The first-order valence-electron chi connectivity index (χ1n) is 8.59. The highest BCUT2D eigenvalue weighted by Crippen LogP contribution is 2.33. The van der Waals surface area contributed by atoms with Gasteiger partial charge in [-0.3, -0.25) is 14.4 Å². The maximum absolute atomic E-state index is 12.4. The number of hydrogen-bond acceptors (Lipinski definition) is 5. The van der Waals surface area contributed by atoms with Gasteiger partial charge in [0.05, 0.1) is 0 Å². The number of benzene rings is 2. The minimum absolute atomic E-state index is 0.0440. The molecule has 0 atom stereocenters. The SMILES string of the molecule is O=C(CCc1ccc(O)c(O)c1)C1C(=O)CC(c2ccccc2)CC1=O. The Bertz CT molecular complexity index is 823. The van der Waals surface area contributed by atoms with Crippen molar-refractivity contribution in [3.05, 3.63) is 59.7 Å². The normalized spacial score (nSPS) is 20.2. The molecule has 2 aromatic carbocycles. The lowest BCUT2D eigenvalue weighted by molar-refractivity contribution is -0.142. The highest BCUT2D eigenvalue weighted by molar-refractivity contribution is 6.21.